The number of nitrogens with two attached hydrogens (primary N) is 1. The van der Waals surface area contributed by atoms with Gasteiger partial charge in [0.2, 0.25) is 5.91 Å². The Morgan fingerprint density at radius 2 is 1.78 bits per heavy atom. The maximum Gasteiger partial charge on any atom is 0.222 e. The zero-order valence-corrected chi connectivity index (χ0v) is 12.5. The molecule has 1 aliphatic rings. The molecule has 0 saturated heterocycles. The first-order valence-corrected chi connectivity index (χ1v) is 7.27. The van der Waals surface area contributed by atoms with Gasteiger partial charge in [-0.05, 0) is 43.4 Å². The lowest BCUT2D eigenvalue weighted by Gasteiger charge is -2.28. The Bertz CT molecular complexity index is 262. The third kappa shape index (κ3) is 5.85. The summed E-state index contributed by atoms with van der Waals surface area (Å²) in [6, 6.07) is 0.403. The molecule has 1 aliphatic carbocycles. The number of amides is 1. The predicted molar refractivity (Wildman–Crippen MR) is 76.3 cm³/mol. The number of carbonyl (C=O) groups is 1. The molecule has 0 radical (unpaired) electrons. The van der Waals surface area contributed by atoms with E-state index in [0.717, 1.165) is 31.7 Å². The van der Waals surface area contributed by atoms with Crippen molar-refractivity contribution < 1.29 is 4.79 Å². The van der Waals surface area contributed by atoms with E-state index in [1.165, 1.54) is 12.8 Å². The monoisotopic (exact) mass is 254 g/mol. The van der Waals surface area contributed by atoms with Gasteiger partial charge in [0, 0.05) is 26.1 Å². The Balaban J connectivity index is 2.24. The molecule has 1 rings (SSSR count). The van der Waals surface area contributed by atoms with Gasteiger partial charge in [-0.15, -0.1) is 0 Å². The average Bonchev–Trinajstić information content (AvgIpc) is 2.25. The van der Waals surface area contributed by atoms with Crippen LogP contribution < -0.4 is 5.73 Å². The molecule has 0 unspecified atom stereocenters. The quantitative estimate of drug-likeness (QED) is 0.838. The van der Waals surface area contributed by atoms with Gasteiger partial charge in [0.1, 0.15) is 0 Å². The number of rotatable bonds is 4. The van der Waals surface area contributed by atoms with E-state index in [1.807, 2.05) is 11.9 Å². The van der Waals surface area contributed by atoms with Gasteiger partial charge in [-0.1, -0.05) is 20.8 Å². The van der Waals surface area contributed by atoms with Crippen LogP contribution >= 0.6 is 0 Å². The Morgan fingerprint density at radius 1 is 1.22 bits per heavy atom. The smallest absolute Gasteiger partial charge is 0.222 e. The summed E-state index contributed by atoms with van der Waals surface area (Å²) in [5.41, 5.74) is 6.08. The van der Waals surface area contributed by atoms with Crippen molar-refractivity contribution in [1.29, 1.82) is 0 Å². The molecule has 0 aromatic carbocycles. The van der Waals surface area contributed by atoms with Crippen LogP contribution in [0.15, 0.2) is 0 Å². The summed E-state index contributed by atoms with van der Waals surface area (Å²) in [6.45, 7) is 7.33. The second kappa shape index (κ2) is 6.55. The van der Waals surface area contributed by atoms with Crippen LogP contribution in [0.3, 0.4) is 0 Å². The van der Waals surface area contributed by atoms with Crippen molar-refractivity contribution in [3.63, 3.8) is 0 Å². The molecule has 1 fully saturated rings. The fourth-order valence-electron chi connectivity index (χ4n) is 2.80. The Kier molecular flexibility index (Phi) is 5.64. The summed E-state index contributed by atoms with van der Waals surface area (Å²) in [7, 11) is 1.92. The maximum absolute atomic E-state index is 12.0. The van der Waals surface area contributed by atoms with Crippen molar-refractivity contribution in [2.24, 2.45) is 17.1 Å². The van der Waals surface area contributed by atoms with Gasteiger partial charge in [0.15, 0.2) is 0 Å². The van der Waals surface area contributed by atoms with Crippen molar-refractivity contribution in [2.45, 2.75) is 65.3 Å². The van der Waals surface area contributed by atoms with Crippen molar-refractivity contribution in [2.75, 3.05) is 13.6 Å². The topological polar surface area (TPSA) is 46.3 Å². The average molecular weight is 254 g/mol. The molecule has 0 aliphatic heterocycles. The molecule has 0 heterocycles. The van der Waals surface area contributed by atoms with E-state index < -0.39 is 0 Å². The lowest BCUT2D eigenvalue weighted by Crippen LogP contribution is -2.34. The zero-order valence-electron chi connectivity index (χ0n) is 12.5. The predicted octanol–water partition coefficient (Wildman–Crippen LogP) is 2.79. The van der Waals surface area contributed by atoms with Gasteiger partial charge < -0.3 is 10.6 Å². The SMILES string of the molecule is CN(CC(C)(C)C)C(=O)CCC1CCC(N)CC1. The summed E-state index contributed by atoms with van der Waals surface area (Å²) < 4.78 is 0. The highest BCUT2D eigenvalue weighted by atomic mass is 16.2. The number of nitrogens with zero attached hydrogens (tertiary/aromatic N) is 1. The number of hydrogen-bond donors (Lipinski definition) is 1. The standard InChI is InChI=1S/C15H30N2O/c1-15(2,3)11-17(4)14(18)10-7-12-5-8-13(16)9-6-12/h12-13H,5-11,16H2,1-4H3. The summed E-state index contributed by atoms with van der Waals surface area (Å²) in [6.07, 6.45) is 6.43. The van der Waals surface area contributed by atoms with E-state index in [2.05, 4.69) is 20.8 Å². The van der Waals surface area contributed by atoms with Gasteiger partial charge in [-0.3, -0.25) is 4.79 Å². The van der Waals surface area contributed by atoms with E-state index in [0.29, 0.717) is 18.4 Å². The third-order valence-corrected chi connectivity index (χ3v) is 3.80. The molecule has 106 valence electrons. The van der Waals surface area contributed by atoms with Crippen molar-refractivity contribution in [1.82, 2.24) is 4.90 Å². The normalized spacial score (nSPS) is 24.9. The summed E-state index contributed by atoms with van der Waals surface area (Å²) in [5, 5.41) is 0. The van der Waals surface area contributed by atoms with Crippen LogP contribution in [-0.4, -0.2) is 30.4 Å². The van der Waals surface area contributed by atoms with E-state index in [-0.39, 0.29) is 5.41 Å². The number of hydrogen-bond acceptors (Lipinski definition) is 2. The molecule has 0 bridgehead atoms. The largest absolute Gasteiger partial charge is 0.345 e. The molecule has 2 N–H and O–H groups in total. The number of carbonyl (C=O) groups excluding carboxylic acids is 1. The molecular formula is C15H30N2O. The van der Waals surface area contributed by atoms with Crippen molar-refractivity contribution >= 4 is 5.91 Å². The van der Waals surface area contributed by atoms with Gasteiger partial charge in [0.25, 0.3) is 0 Å². The molecule has 0 aromatic heterocycles. The van der Waals surface area contributed by atoms with E-state index in [1.54, 1.807) is 0 Å². The second-order valence-corrected chi connectivity index (χ2v) is 7.13. The summed E-state index contributed by atoms with van der Waals surface area (Å²) in [4.78, 5) is 13.9. The fourth-order valence-corrected chi connectivity index (χ4v) is 2.80. The molecule has 18 heavy (non-hydrogen) atoms. The Morgan fingerprint density at radius 3 is 2.28 bits per heavy atom. The van der Waals surface area contributed by atoms with Crippen molar-refractivity contribution in [3.8, 4) is 0 Å². The van der Waals surface area contributed by atoms with E-state index in [9.17, 15) is 4.79 Å². The van der Waals surface area contributed by atoms with Crippen LogP contribution in [0.5, 0.6) is 0 Å². The molecule has 1 amide bonds. The zero-order chi connectivity index (χ0) is 13.8. The molecular weight excluding hydrogens is 224 g/mol. The first-order chi connectivity index (χ1) is 8.28. The van der Waals surface area contributed by atoms with Crippen LogP contribution in [0, 0.1) is 11.3 Å². The highest BCUT2D eigenvalue weighted by Gasteiger charge is 2.21. The minimum absolute atomic E-state index is 0.183. The van der Waals surface area contributed by atoms with Gasteiger partial charge in [0.05, 0.1) is 0 Å². The fraction of sp³-hybridized carbons (Fsp3) is 0.933. The van der Waals surface area contributed by atoms with Gasteiger partial charge in [-0.2, -0.15) is 0 Å². The highest BCUT2D eigenvalue weighted by molar-refractivity contribution is 5.75. The Labute approximate surface area is 112 Å². The van der Waals surface area contributed by atoms with E-state index >= 15 is 0 Å². The Hall–Kier alpha value is -0.570. The minimum Gasteiger partial charge on any atom is -0.345 e. The summed E-state index contributed by atoms with van der Waals surface area (Å²) >= 11 is 0. The lowest BCUT2D eigenvalue weighted by molar-refractivity contribution is -0.131. The summed E-state index contributed by atoms with van der Waals surface area (Å²) in [5.74, 6) is 1.01. The molecule has 0 aromatic rings. The molecule has 0 spiro atoms. The molecule has 1 saturated carbocycles. The molecule has 3 heteroatoms. The third-order valence-electron chi connectivity index (χ3n) is 3.80. The van der Waals surface area contributed by atoms with Gasteiger partial charge in [-0.25, -0.2) is 0 Å². The first-order valence-electron chi connectivity index (χ1n) is 7.27. The maximum atomic E-state index is 12.0. The van der Waals surface area contributed by atoms with Crippen LogP contribution in [0.1, 0.15) is 59.3 Å². The van der Waals surface area contributed by atoms with Crippen LogP contribution in [0.2, 0.25) is 0 Å². The van der Waals surface area contributed by atoms with Crippen LogP contribution in [0.25, 0.3) is 0 Å². The van der Waals surface area contributed by atoms with Crippen LogP contribution in [0.4, 0.5) is 0 Å². The van der Waals surface area contributed by atoms with Crippen molar-refractivity contribution in [3.05, 3.63) is 0 Å². The van der Waals surface area contributed by atoms with Crippen LogP contribution in [-0.2, 0) is 4.79 Å². The second-order valence-electron chi connectivity index (χ2n) is 7.13. The molecule has 3 nitrogen and oxygen atoms in total. The highest BCUT2D eigenvalue weighted by Crippen LogP contribution is 2.27. The van der Waals surface area contributed by atoms with E-state index in [4.69, 9.17) is 5.73 Å². The minimum atomic E-state index is 0.183. The first kappa shape index (κ1) is 15.5. The lowest BCUT2D eigenvalue weighted by atomic mass is 9.83. The molecule has 0 atom stereocenters. The van der Waals surface area contributed by atoms with Gasteiger partial charge >= 0.3 is 0 Å².